The zero-order chi connectivity index (χ0) is 13.8. The first-order valence-corrected chi connectivity index (χ1v) is 6.65. The van der Waals surface area contributed by atoms with Crippen LogP contribution in [0.5, 0.6) is 0 Å². The van der Waals surface area contributed by atoms with Crippen LogP contribution in [-0.2, 0) is 7.05 Å². The standard InChI is InChI=1S/C14H17ClFN3/c1-3-6-18-14(13-8-17-9-19(13)2)11-7-10(16)4-5-12(11)15/h4-5,7-9,14,18H,3,6H2,1-2H3. The summed E-state index contributed by atoms with van der Waals surface area (Å²) in [6, 6.07) is 4.27. The van der Waals surface area contributed by atoms with Gasteiger partial charge in [-0.15, -0.1) is 0 Å². The van der Waals surface area contributed by atoms with Gasteiger partial charge in [-0.2, -0.15) is 0 Å². The van der Waals surface area contributed by atoms with Gasteiger partial charge >= 0.3 is 0 Å². The Bertz CT molecular complexity index is 553. The average Bonchev–Trinajstić information content (AvgIpc) is 2.80. The van der Waals surface area contributed by atoms with Crippen LogP contribution in [0.3, 0.4) is 0 Å². The molecule has 0 aliphatic heterocycles. The highest BCUT2D eigenvalue weighted by atomic mass is 35.5. The van der Waals surface area contributed by atoms with Crippen molar-refractivity contribution in [1.29, 1.82) is 0 Å². The summed E-state index contributed by atoms with van der Waals surface area (Å²) in [6.07, 6.45) is 4.49. The first kappa shape index (κ1) is 14.0. The molecule has 0 amide bonds. The molecule has 19 heavy (non-hydrogen) atoms. The first-order valence-electron chi connectivity index (χ1n) is 6.28. The van der Waals surface area contributed by atoms with Gasteiger partial charge in [-0.05, 0) is 36.7 Å². The SMILES string of the molecule is CCCNC(c1cc(F)ccc1Cl)c1cncn1C. The van der Waals surface area contributed by atoms with Crippen molar-refractivity contribution >= 4 is 11.6 Å². The Morgan fingerprint density at radius 3 is 2.89 bits per heavy atom. The summed E-state index contributed by atoms with van der Waals surface area (Å²) in [5.41, 5.74) is 1.69. The maximum Gasteiger partial charge on any atom is 0.123 e. The van der Waals surface area contributed by atoms with E-state index in [1.54, 1.807) is 18.6 Å². The van der Waals surface area contributed by atoms with Crippen molar-refractivity contribution in [3.8, 4) is 0 Å². The van der Waals surface area contributed by atoms with Gasteiger partial charge in [0.1, 0.15) is 5.82 Å². The van der Waals surface area contributed by atoms with Crippen LogP contribution < -0.4 is 5.32 Å². The fourth-order valence-electron chi connectivity index (χ4n) is 2.04. The molecule has 1 atom stereocenters. The van der Waals surface area contributed by atoms with Gasteiger partial charge in [-0.1, -0.05) is 18.5 Å². The molecule has 102 valence electrons. The number of benzene rings is 1. The summed E-state index contributed by atoms with van der Waals surface area (Å²) >= 11 is 6.20. The highest BCUT2D eigenvalue weighted by Gasteiger charge is 2.19. The van der Waals surface area contributed by atoms with Crippen LogP contribution in [0.2, 0.25) is 5.02 Å². The van der Waals surface area contributed by atoms with Crippen molar-refractivity contribution in [2.45, 2.75) is 19.4 Å². The molecule has 0 saturated heterocycles. The highest BCUT2D eigenvalue weighted by molar-refractivity contribution is 6.31. The monoisotopic (exact) mass is 281 g/mol. The van der Waals surface area contributed by atoms with Crippen LogP contribution in [0.4, 0.5) is 4.39 Å². The molecule has 1 heterocycles. The molecular formula is C14H17ClFN3. The van der Waals surface area contributed by atoms with Gasteiger partial charge in [0, 0.05) is 12.1 Å². The van der Waals surface area contributed by atoms with Crippen LogP contribution in [0.25, 0.3) is 0 Å². The zero-order valence-electron chi connectivity index (χ0n) is 11.0. The van der Waals surface area contributed by atoms with Crippen molar-refractivity contribution in [2.24, 2.45) is 7.05 Å². The van der Waals surface area contributed by atoms with Crippen LogP contribution in [0.15, 0.2) is 30.7 Å². The predicted molar refractivity (Wildman–Crippen MR) is 74.8 cm³/mol. The Balaban J connectivity index is 2.42. The predicted octanol–water partition coefficient (Wildman–Crippen LogP) is 3.30. The Labute approximate surface area is 117 Å². The van der Waals surface area contributed by atoms with Gasteiger partial charge in [0.15, 0.2) is 0 Å². The number of nitrogens with one attached hydrogen (secondary N) is 1. The minimum atomic E-state index is -0.287. The Hall–Kier alpha value is -1.39. The fraction of sp³-hybridized carbons (Fsp3) is 0.357. The van der Waals surface area contributed by atoms with E-state index >= 15 is 0 Å². The van der Waals surface area contributed by atoms with Crippen molar-refractivity contribution in [3.63, 3.8) is 0 Å². The number of halogens is 2. The second kappa shape index (κ2) is 6.17. The molecular weight excluding hydrogens is 265 g/mol. The topological polar surface area (TPSA) is 29.9 Å². The summed E-state index contributed by atoms with van der Waals surface area (Å²) in [5.74, 6) is -0.287. The van der Waals surface area contributed by atoms with Gasteiger partial charge in [-0.3, -0.25) is 0 Å². The van der Waals surface area contributed by atoms with E-state index in [1.165, 1.54) is 12.1 Å². The van der Waals surface area contributed by atoms with Gasteiger partial charge < -0.3 is 9.88 Å². The Morgan fingerprint density at radius 2 is 2.26 bits per heavy atom. The van der Waals surface area contributed by atoms with Crippen LogP contribution in [0, 0.1) is 5.82 Å². The van der Waals surface area contributed by atoms with Gasteiger partial charge in [-0.25, -0.2) is 9.37 Å². The summed E-state index contributed by atoms with van der Waals surface area (Å²) in [7, 11) is 1.91. The van der Waals surface area contributed by atoms with E-state index in [2.05, 4.69) is 17.2 Å². The molecule has 1 aromatic carbocycles. The Morgan fingerprint density at radius 1 is 1.47 bits per heavy atom. The second-order valence-corrected chi connectivity index (χ2v) is 4.89. The third kappa shape index (κ3) is 3.14. The molecule has 5 heteroatoms. The third-order valence-corrected chi connectivity index (χ3v) is 3.36. The largest absolute Gasteiger partial charge is 0.336 e. The molecule has 0 radical (unpaired) electrons. The van der Waals surface area contributed by atoms with E-state index < -0.39 is 0 Å². The van der Waals surface area contributed by atoms with Gasteiger partial charge in [0.2, 0.25) is 0 Å². The lowest BCUT2D eigenvalue weighted by Crippen LogP contribution is -2.25. The minimum Gasteiger partial charge on any atom is -0.336 e. The third-order valence-electron chi connectivity index (χ3n) is 3.02. The van der Waals surface area contributed by atoms with E-state index in [9.17, 15) is 4.39 Å². The van der Waals surface area contributed by atoms with E-state index in [1.807, 2.05) is 11.6 Å². The number of aryl methyl sites for hydroxylation is 1. The molecule has 2 rings (SSSR count). The van der Waals surface area contributed by atoms with Crippen molar-refractivity contribution in [2.75, 3.05) is 6.54 Å². The smallest absolute Gasteiger partial charge is 0.123 e. The molecule has 0 bridgehead atoms. The summed E-state index contributed by atoms with van der Waals surface area (Å²) < 4.78 is 15.4. The molecule has 2 aromatic rings. The van der Waals surface area contributed by atoms with Crippen molar-refractivity contribution < 1.29 is 4.39 Å². The molecule has 3 nitrogen and oxygen atoms in total. The fourth-order valence-corrected chi connectivity index (χ4v) is 2.27. The molecule has 0 saturated carbocycles. The molecule has 0 aliphatic carbocycles. The lowest BCUT2D eigenvalue weighted by Gasteiger charge is -2.20. The maximum atomic E-state index is 13.5. The molecule has 1 unspecified atom stereocenters. The zero-order valence-corrected chi connectivity index (χ0v) is 11.8. The van der Waals surface area contributed by atoms with Crippen LogP contribution >= 0.6 is 11.6 Å². The second-order valence-electron chi connectivity index (χ2n) is 4.48. The molecule has 1 N–H and O–H groups in total. The maximum absolute atomic E-state index is 13.5. The molecule has 0 fully saturated rings. The van der Waals surface area contributed by atoms with Crippen LogP contribution in [0.1, 0.15) is 30.6 Å². The lowest BCUT2D eigenvalue weighted by molar-refractivity contribution is 0.562. The molecule has 1 aromatic heterocycles. The van der Waals surface area contributed by atoms with Crippen molar-refractivity contribution in [1.82, 2.24) is 14.9 Å². The van der Waals surface area contributed by atoms with E-state index in [0.717, 1.165) is 24.2 Å². The molecule has 0 spiro atoms. The van der Waals surface area contributed by atoms with Crippen molar-refractivity contribution in [3.05, 3.63) is 52.8 Å². The summed E-state index contributed by atoms with van der Waals surface area (Å²) in [5, 5.41) is 3.94. The minimum absolute atomic E-state index is 0.157. The lowest BCUT2D eigenvalue weighted by atomic mass is 10.0. The first-order chi connectivity index (χ1) is 9.13. The number of hydrogen-bond donors (Lipinski definition) is 1. The number of rotatable bonds is 5. The van der Waals surface area contributed by atoms with E-state index in [4.69, 9.17) is 11.6 Å². The quantitative estimate of drug-likeness (QED) is 0.911. The summed E-state index contributed by atoms with van der Waals surface area (Å²) in [6.45, 7) is 2.91. The highest BCUT2D eigenvalue weighted by Crippen LogP contribution is 2.28. The number of hydrogen-bond acceptors (Lipinski definition) is 2. The Kier molecular flexibility index (Phi) is 4.56. The van der Waals surface area contributed by atoms with E-state index in [0.29, 0.717) is 5.02 Å². The van der Waals surface area contributed by atoms with Crippen LogP contribution in [-0.4, -0.2) is 16.1 Å². The van der Waals surface area contributed by atoms with E-state index in [-0.39, 0.29) is 11.9 Å². The molecule has 0 aliphatic rings. The number of imidazole rings is 1. The van der Waals surface area contributed by atoms with Gasteiger partial charge in [0.25, 0.3) is 0 Å². The van der Waals surface area contributed by atoms with Gasteiger partial charge in [0.05, 0.1) is 24.3 Å². The number of aromatic nitrogens is 2. The average molecular weight is 282 g/mol. The summed E-state index contributed by atoms with van der Waals surface area (Å²) in [4.78, 5) is 4.11. The number of nitrogens with zero attached hydrogens (tertiary/aromatic N) is 2. The normalized spacial score (nSPS) is 12.6.